The van der Waals surface area contributed by atoms with Crippen LogP contribution in [0.1, 0.15) is 44.6 Å². The Bertz CT molecular complexity index is 815. The molecule has 0 atom stereocenters. The molecule has 0 aromatic heterocycles. The number of anilines is 2. The van der Waals surface area contributed by atoms with E-state index in [4.69, 9.17) is 0 Å². The number of amides is 2. The van der Waals surface area contributed by atoms with Gasteiger partial charge in [0.25, 0.3) is 0 Å². The van der Waals surface area contributed by atoms with Gasteiger partial charge in [0.1, 0.15) is 5.82 Å². The van der Waals surface area contributed by atoms with E-state index in [1.807, 2.05) is 0 Å². The van der Waals surface area contributed by atoms with E-state index in [1.54, 1.807) is 36.4 Å². The minimum atomic E-state index is -0.251. The number of nitrogens with one attached hydrogen (secondary N) is 2. The number of benzene rings is 2. The molecular formula is C23H28FN3O2. The molecule has 154 valence electrons. The van der Waals surface area contributed by atoms with Crippen molar-refractivity contribution in [3.63, 3.8) is 0 Å². The first-order chi connectivity index (χ1) is 14.0. The predicted molar refractivity (Wildman–Crippen MR) is 113 cm³/mol. The van der Waals surface area contributed by atoms with Crippen LogP contribution in [-0.4, -0.2) is 29.3 Å². The molecule has 3 rings (SSSR count). The average Bonchev–Trinajstić information content (AvgIpc) is 2.71. The van der Waals surface area contributed by atoms with Crippen LogP contribution >= 0.6 is 0 Å². The van der Waals surface area contributed by atoms with Gasteiger partial charge in [0.2, 0.25) is 11.8 Å². The molecule has 2 amide bonds. The van der Waals surface area contributed by atoms with Gasteiger partial charge in [-0.25, -0.2) is 4.39 Å². The Morgan fingerprint density at radius 1 is 0.931 bits per heavy atom. The smallest absolute Gasteiger partial charge is 0.238 e. The first kappa shape index (κ1) is 21.0. The summed E-state index contributed by atoms with van der Waals surface area (Å²) in [6.45, 7) is 2.37. The van der Waals surface area contributed by atoms with E-state index in [9.17, 15) is 14.0 Å². The van der Waals surface area contributed by atoms with Crippen molar-refractivity contribution in [2.24, 2.45) is 0 Å². The predicted octanol–water partition coefficient (Wildman–Crippen LogP) is 4.56. The molecule has 2 N–H and O–H groups in total. The summed E-state index contributed by atoms with van der Waals surface area (Å²) in [6, 6.07) is 13.9. The maximum atomic E-state index is 13.2. The molecular weight excluding hydrogens is 369 g/mol. The van der Waals surface area contributed by atoms with Gasteiger partial charge in [-0.05, 0) is 54.8 Å². The third-order valence-corrected chi connectivity index (χ3v) is 5.23. The lowest BCUT2D eigenvalue weighted by Crippen LogP contribution is -2.41. The van der Waals surface area contributed by atoms with E-state index in [-0.39, 0.29) is 24.2 Å². The van der Waals surface area contributed by atoms with E-state index in [2.05, 4.69) is 15.5 Å². The van der Waals surface area contributed by atoms with Crippen LogP contribution in [0, 0.1) is 5.82 Å². The minimum absolute atomic E-state index is 0.0787. The molecule has 0 spiro atoms. The van der Waals surface area contributed by atoms with Crippen molar-refractivity contribution >= 4 is 23.2 Å². The summed E-state index contributed by atoms with van der Waals surface area (Å²) in [4.78, 5) is 26.0. The van der Waals surface area contributed by atoms with Crippen molar-refractivity contribution < 1.29 is 14.0 Å². The van der Waals surface area contributed by atoms with Crippen LogP contribution in [0.4, 0.5) is 15.8 Å². The molecule has 2 aromatic carbocycles. The van der Waals surface area contributed by atoms with Crippen molar-refractivity contribution in [3.05, 3.63) is 59.9 Å². The van der Waals surface area contributed by atoms with E-state index < -0.39 is 0 Å². The molecule has 1 fully saturated rings. The second-order valence-corrected chi connectivity index (χ2v) is 7.63. The van der Waals surface area contributed by atoms with Gasteiger partial charge in [-0.1, -0.05) is 31.4 Å². The van der Waals surface area contributed by atoms with Gasteiger partial charge in [0.05, 0.1) is 6.54 Å². The van der Waals surface area contributed by atoms with E-state index >= 15 is 0 Å². The molecule has 1 aliphatic rings. The molecule has 1 aliphatic carbocycles. The minimum Gasteiger partial charge on any atom is -0.326 e. The molecule has 0 aliphatic heterocycles. The van der Waals surface area contributed by atoms with Crippen molar-refractivity contribution in [1.82, 2.24) is 4.90 Å². The molecule has 0 unspecified atom stereocenters. The summed E-state index contributed by atoms with van der Waals surface area (Å²) in [5, 5.41) is 5.64. The average molecular weight is 397 g/mol. The lowest BCUT2D eigenvalue weighted by atomic mass is 9.93. The standard InChI is InChI=1S/C23H28FN3O2/c1-17(28)25-20-11-13-21(14-12-20)26-23(29)16-27(22-5-3-2-4-6-22)15-18-7-9-19(24)10-8-18/h7-14,22H,2-6,15-16H2,1H3,(H,25,28)(H,26,29). The van der Waals surface area contributed by atoms with Gasteiger partial charge in [-0.2, -0.15) is 0 Å². The zero-order valence-electron chi connectivity index (χ0n) is 16.8. The maximum absolute atomic E-state index is 13.2. The van der Waals surface area contributed by atoms with E-state index in [0.29, 0.717) is 24.0 Å². The molecule has 2 aromatic rings. The van der Waals surface area contributed by atoms with Crippen LogP contribution in [0.2, 0.25) is 0 Å². The second-order valence-electron chi connectivity index (χ2n) is 7.63. The monoisotopic (exact) mass is 397 g/mol. The zero-order chi connectivity index (χ0) is 20.6. The Labute approximate surface area is 171 Å². The Morgan fingerprint density at radius 2 is 1.52 bits per heavy atom. The molecule has 0 bridgehead atoms. The Kier molecular flexibility index (Phi) is 7.36. The Hall–Kier alpha value is -2.73. The van der Waals surface area contributed by atoms with Gasteiger partial charge >= 0.3 is 0 Å². The van der Waals surface area contributed by atoms with Crippen LogP contribution in [0.5, 0.6) is 0 Å². The summed E-state index contributed by atoms with van der Waals surface area (Å²) in [6.07, 6.45) is 5.77. The molecule has 0 radical (unpaired) electrons. The van der Waals surface area contributed by atoms with Crippen molar-refractivity contribution in [1.29, 1.82) is 0 Å². The number of rotatable bonds is 7. The fourth-order valence-electron chi connectivity index (χ4n) is 3.81. The first-order valence-electron chi connectivity index (χ1n) is 10.2. The zero-order valence-corrected chi connectivity index (χ0v) is 16.8. The number of carbonyl (C=O) groups is 2. The summed E-state index contributed by atoms with van der Waals surface area (Å²) in [7, 11) is 0. The molecule has 6 heteroatoms. The van der Waals surface area contributed by atoms with E-state index in [1.165, 1.54) is 38.3 Å². The Morgan fingerprint density at radius 3 is 2.10 bits per heavy atom. The number of halogens is 1. The van der Waals surface area contributed by atoms with Crippen LogP contribution < -0.4 is 10.6 Å². The van der Waals surface area contributed by atoms with Crippen molar-refractivity contribution in [3.8, 4) is 0 Å². The number of hydrogen-bond acceptors (Lipinski definition) is 3. The molecule has 0 heterocycles. The fraction of sp³-hybridized carbons (Fsp3) is 0.391. The van der Waals surface area contributed by atoms with Gasteiger partial charge in [-0.15, -0.1) is 0 Å². The summed E-state index contributed by atoms with van der Waals surface area (Å²) in [5.74, 6) is -0.464. The summed E-state index contributed by atoms with van der Waals surface area (Å²) < 4.78 is 13.2. The van der Waals surface area contributed by atoms with Gasteiger partial charge < -0.3 is 10.6 Å². The SMILES string of the molecule is CC(=O)Nc1ccc(NC(=O)CN(Cc2ccc(F)cc2)C2CCCCC2)cc1. The highest BCUT2D eigenvalue weighted by Gasteiger charge is 2.23. The van der Waals surface area contributed by atoms with Gasteiger partial charge in [-0.3, -0.25) is 14.5 Å². The highest BCUT2D eigenvalue weighted by Crippen LogP contribution is 2.24. The third-order valence-electron chi connectivity index (χ3n) is 5.23. The van der Waals surface area contributed by atoms with Gasteiger partial charge in [0.15, 0.2) is 0 Å². The quantitative estimate of drug-likeness (QED) is 0.720. The molecule has 5 nitrogen and oxygen atoms in total. The fourth-order valence-corrected chi connectivity index (χ4v) is 3.81. The molecule has 29 heavy (non-hydrogen) atoms. The van der Waals surface area contributed by atoms with Crippen LogP contribution in [-0.2, 0) is 16.1 Å². The number of nitrogens with zero attached hydrogens (tertiary/aromatic N) is 1. The largest absolute Gasteiger partial charge is 0.326 e. The van der Waals surface area contributed by atoms with E-state index in [0.717, 1.165) is 18.4 Å². The highest BCUT2D eigenvalue weighted by molar-refractivity contribution is 5.93. The van der Waals surface area contributed by atoms with Crippen LogP contribution in [0.25, 0.3) is 0 Å². The second kappa shape index (κ2) is 10.2. The number of carbonyl (C=O) groups excluding carboxylic acids is 2. The molecule has 0 saturated heterocycles. The number of hydrogen-bond donors (Lipinski definition) is 2. The lowest BCUT2D eigenvalue weighted by Gasteiger charge is -2.34. The first-order valence-corrected chi connectivity index (χ1v) is 10.2. The van der Waals surface area contributed by atoms with Crippen molar-refractivity contribution in [2.75, 3.05) is 17.2 Å². The van der Waals surface area contributed by atoms with Crippen LogP contribution in [0.3, 0.4) is 0 Å². The normalized spacial score (nSPS) is 14.6. The Balaban J connectivity index is 1.63. The van der Waals surface area contributed by atoms with Gasteiger partial charge in [0, 0.05) is 30.9 Å². The maximum Gasteiger partial charge on any atom is 0.238 e. The lowest BCUT2D eigenvalue weighted by molar-refractivity contribution is -0.118. The van der Waals surface area contributed by atoms with Crippen molar-refractivity contribution in [2.45, 2.75) is 51.6 Å². The summed E-state index contributed by atoms with van der Waals surface area (Å²) >= 11 is 0. The summed E-state index contributed by atoms with van der Waals surface area (Å²) in [5.41, 5.74) is 2.38. The van der Waals surface area contributed by atoms with Crippen LogP contribution in [0.15, 0.2) is 48.5 Å². The third kappa shape index (κ3) is 6.68. The topological polar surface area (TPSA) is 61.4 Å². The highest BCUT2D eigenvalue weighted by atomic mass is 19.1. The molecule has 1 saturated carbocycles.